The van der Waals surface area contributed by atoms with Crippen LogP contribution in [0.4, 0.5) is 0 Å². The first-order valence-electron chi connectivity index (χ1n) is 6.99. The highest BCUT2D eigenvalue weighted by Crippen LogP contribution is 2.48. The van der Waals surface area contributed by atoms with Crippen molar-refractivity contribution >= 4 is 0 Å². The highest BCUT2D eigenvalue weighted by Gasteiger charge is 2.41. The summed E-state index contributed by atoms with van der Waals surface area (Å²) in [7, 11) is 0. The molecule has 0 aromatic carbocycles. The zero-order valence-corrected chi connectivity index (χ0v) is 11.4. The van der Waals surface area contributed by atoms with E-state index in [1.165, 1.54) is 12.8 Å². The minimum atomic E-state index is -0.491. The minimum Gasteiger partial charge on any atom is -0.472 e. The fraction of sp³-hybridized carbons (Fsp3) is 0.733. The van der Waals surface area contributed by atoms with Crippen LogP contribution in [0.1, 0.15) is 51.2 Å². The maximum Gasteiger partial charge on any atom is 0.0960 e. The van der Waals surface area contributed by atoms with E-state index < -0.39 is 6.10 Å². The standard InChI is InChI=1S/C15H25NO2/c1-11(2)12-3-6-15(10-16,7-4-12)14(17)13-5-8-18-9-13/h5,8-9,11-12,14,17H,3-4,6-7,10,16H2,1-2H3. The van der Waals surface area contributed by atoms with Gasteiger partial charge in [-0.25, -0.2) is 0 Å². The molecule has 3 N–H and O–H groups in total. The van der Waals surface area contributed by atoms with Gasteiger partial charge >= 0.3 is 0 Å². The van der Waals surface area contributed by atoms with Crippen molar-refractivity contribution in [1.29, 1.82) is 0 Å². The van der Waals surface area contributed by atoms with Crippen LogP contribution in [0.2, 0.25) is 0 Å². The lowest BCUT2D eigenvalue weighted by molar-refractivity contribution is -0.0151. The number of furan rings is 1. The van der Waals surface area contributed by atoms with Crippen LogP contribution in [-0.4, -0.2) is 11.7 Å². The van der Waals surface area contributed by atoms with Crippen LogP contribution in [0, 0.1) is 17.3 Å². The second kappa shape index (κ2) is 5.45. The summed E-state index contributed by atoms with van der Waals surface area (Å²) in [5.41, 5.74) is 6.68. The number of hydrogen-bond donors (Lipinski definition) is 2. The first kappa shape index (κ1) is 13.6. The molecule has 0 saturated heterocycles. The van der Waals surface area contributed by atoms with Crippen LogP contribution in [0.25, 0.3) is 0 Å². The quantitative estimate of drug-likeness (QED) is 0.864. The molecule has 102 valence electrons. The predicted octanol–water partition coefficient (Wildman–Crippen LogP) is 3.10. The molecule has 3 nitrogen and oxygen atoms in total. The summed E-state index contributed by atoms with van der Waals surface area (Å²) < 4.78 is 5.07. The Labute approximate surface area is 109 Å². The molecule has 1 saturated carbocycles. The molecule has 0 spiro atoms. The summed E-state index contributed by atoms with van der Waals surface area (Å²) in [6.45, 7) is 5.11. The monoisotopic (exact) mass is 251 g/mol. The lowest BCUT2D eigenvalue weighted by atomic mass is 9.64. The van der Waals surface area contributed by atoms with E-state index in [9.17, 15) is 5.11 Å². The third-order valence-corrected chi connectivity index (χ3v) is 4.81. The zero-order chi connectivity index (χ0) is 13.2. The molecule has 0 aliphatic heterocycles. The summed E-state index contributed by atoms with van der Waals surface area (Å²) in [4.78, 5) is 0. The Morgan fingerprint density at radius 2 is 2.11 bits per heavy atom. The molecule has 3 heteroatoms. The number of aliphatic hydroxyl groups is 1. The third-order valence-electron chi connectivity index (χ3n) is 4.81. The van der Waals surface area contributed by atoms with Gasteiger partial charge in [0.25, 0.3) is 0 Å². The topological polar surface area (TPSA) is 59.4 Å². The molecular weight excluding hydrogens is 226 g/mol. The van der Waals surface area contributed by atoms with E-state index in [-0.39, 0.29) is 5.41 Å². The molecule has 2 rings (SSSR count). The van der Waals surface area contributed by atoms with Crippen LogP contribution in [0.5, 0.6) is 0 Å². The van der Waals surface area contributed by atoms with E-state index in [0.29, 0.717) is 6.54 Å². The fourth-order valence-corrected chi connectivity index (χ4v) is 3.26. The van der Waals surface area contributed by atoms with Gasteiger partial charge in [-0.3, -0.25) is 0 Å². The SMILES string of the molecule is CC(C)C1CCC(CN)(C(O)c2ccoc2)CC1. The number of hydrogen-bond acceptors (Lipinski definition) is 3. The van der Waals surface area contributed by atoms with E-state index in [1.54, 1.807) is 12.5 Å². The summed E-state index contributed by atoms with van der Waals surface area (Å²) in [5.74, 6) is 1.51. The van der Waals surface area contributed by atoms with Gasteiger partial charge in [0.15, 0.2) is 0 Å². The maximum atomic E-state index is 10.6. The molecule has 1 heterocycles. The highest BCUT2D eigenvalue weighted by molar-refractivity contribution is 5.14. The van der Waals surface area contributed by atoms with E-state index in [1.807, 2.05) is 6.07 Å². The smallest absolute Gasteiger partial charge is 0.0960 e. The summed E-state index contributed by atoms with van der Waals surface area (Å²) in [6, 6.07) is 1.84. The van der Waals surface area contributed by atoms with Crippen LogP contribution in [0.15, 0.2) is 23.0 Å². The Kier molecular flexibility index (Phi) is 4.13. The van der Waals surface area contributed by atoms with Crippen molar-refractivity contribution < 1.29 is 9.52 Å². The van der Waals surface area contributed by atoms with E-state index in [4.69, 9.17) is 10.2 Å². The van der Waals surface area contributed by atoms with Crippen molar-refractivity contribution in [3.63, 3.8) is 0 Å². The summed E-state index contributed by atoms with van der Waals surface area (Å²) in [5, 5.41) is 10.6. The third kappa shape index (κ3) is 2.47. The predicted molar refractivity (Wildman–Crippen MR) is 72.0 cm³/mol. The molecule has 0 bridgehead atoms. The molecule has 1 aliphatic carbocycles. The Bertz CT molecular complexity index is 351. The number of rotatable bonds is 4. The van der Waals surface area contributed by atoms with Crippen LogP contribution in [0.3, 0.4) is 0 Å². The van der Waals surface area contributed by atoms with Crippen molar-refractivity contribution in [2.24, 2.45) is 23.0 Å². The molecule has 0 radical (unpaired) electrons. The van der Waals surface area contributed by atoms with E-state index in [0.717, 1.165) is 30.2 Å². The molecule has 18 heavy (non-hydrogen) atoms. The van der Waals surface area contributed by atoms with Gasteiger partial charge in [0.05, 0.1) is 18.6 Å². The molecule has 1 atom stereocenters. The lowest BCUT2D eigenvalue weighted by Gasteiger charge is -2.43. The van der Waals surface area contributed by atoms with Crippen molar-refractivity contribution in [3.05, 3.63) is 24.2 Å². The van der Waals surface area contributed by atoms with Crippen molar-refractivity contribution in [3.8, 4) is 0 Å². The summed E-state index contributed by atoms with van der Waals surface area (Å²) >= 11 is 0. The lowest BCUT2D eigenvalue weighted by Crippen LogP contribution is -2.40. The first-order valence-corrected chi connectivity index (χ1v) is 6.99. The van der Waals surface area contributed by atoms with Gasteiger partial charge in [0.2, 0.25) is 0 Å². The molecule has 1 fully saturated rings. The van der Waals surface area contributed by atoms with Gasteiger partial charge in [-0.2, -0.15) is 0 Å². The van der Waals surface area contributed by atoms with Crippen LogP contribution in [-0.2, 0) is 0 Å². The van der Waals surface area contributed by atoms with Crippen LogP contribution < -0.4 is 5.73 Å². The van der Waals surface area contributed by atoms with E-state index in [2.05, 4.69) is 13.8 Å². The van der Waals surface area contributed by atoms with Gasteiger partial charge < -0.3 is 15.3 Å². The maximum absolute atomic E-state index is 10.6. The second-order valence-electron chi connectivity index (χ2n) is 6.11. The average Bonchev–Trinajstić information content (AvgIpc) is 2.91. The fourth-order valence-electron chi connectivity index (χ4n) is 3.26. The largest absolute Gasteiger partial charge is 0.472 e. The zero-order valence-electron chi connectivity index (χ0n) is 11.4. The Hall–Kier alpha value is -0.800. The Morgan fingerprint density at radius 3 is 2.56 bits per heavy atom. The molecule has 1 aromatic heterocycles. The normalized spacial score (nSPS) is 30.6. The highest BCUT2D eigenvalue weighted by atomic mass is 16.3. The van der Waals surface area contributed by atoms with Crippen LogP contribution >= 0.6 is 0 Å². The molecule has 0 amide bonds. The minimum absolute atomic E-state index is 0.157. The molecule has 1 unspecified atom stereocenters. The van der Waals surface area contributed by atoms with Crippen molar-refractivity contribution in [1.82, 2.24) is 0 Å². The second-order valence-corrected chi connectivity index (χ2v) is 6.11. The van der Waals surface area contributed by atoms with E-state index >= 15 is 0 Å². The molecular formula is C15H25NO2. The Morgan fingerprint density at radius 1 is 1.44 bits per heavy atom. The van der Waals surface area contributed by atoms with Gasteiger partial charge in [0.1, 0.15) is 0 Å². The van der Waals surface area contributed by atoms with Gasteiger partial charge in [0, 0.05) is 17.5 Å². The number of aliphatic hydroxyl groups excluding tert-OH is 1. The summed E-state index contributed by atoms with van der Waals surface area (Å²) in [6.07, 6.45) is 7.12. The molecule has 1 aliphatic rings. The van der Waals surface area contributed by atoms with Gasteiger partial charge in [-0.15, -0.1) is 0 Å². The average molecular weight is 251 g/mol. The molecule has 1 aromatic rings. The first-order chi connectivity index (χ1) is 8.59. The van der Waals surface area contributed by atoms with Crippen molar-refractivity contribution in [2.75, 3.05) is 6.54 Å². The Balaban J connectivity index is 2.09. The van der Waals surface area contributed by atoms with Crippen molar-refractivity contribution in [2.45, 2.75) is 45.6 Å². The van der Waals surface area contributed by atoms with Gasteiger partial charge in [-0.1, -0.05) is 13.8 Å². The van der Waals surface area contributed by atoms with Gasteiger partial charge in [-0.05, 0) is 43.6 Å². The number of nitrogens with two attached hydrogens (primary N) is 1.